The normalized spacial score (nSPS) is 24.6. The second-order valence-corrected chi connectivity index (χ2v) is 5.11. The van der Waals surface area contributed by atoms with Crippen LogP contribution < -0.4 is 0 Å². The maximum absolute atomic E-state index is 12.6. The summed E-state index contributed by atoms with van der Waals surface area (Å²) in [5.41, 5.74) is 1.89. The van der Waals surface area contributed by atoms with Gasteiger partial charge in [-0.1, -0.05) is 26.2 Å². The Hall–Kier alpha value is -1.18. The largest absolute Gasteiger partial charge is 0.294 e. The molecule has 1 aliphatic carbocycles. The number of aromatic nitrogens is 1. The summed E-state index contributed by atoms with van der Waals surface area (Å²) in [5, 5.41) is 0. The van der Waals surface area contributed by atoms with Crippen LogP contribution in [0.4, 0.5) is 0 Å². The zero-order chi connectivity index (χ0) is 12.3. The van der Waals surface area contributed by atoms with E-state index in [1.165, 1.54) is 19.3 Å². The van der Waals surface area contributed by atoms with E-state index in [2.05, 4.69) is 11.9 Å². The first-order valence-corrected chi connectivity index (χ1v) is 6.69. The number of ketones is 1. The molecule has 92 valence electrons. The molecule has 1 fully saturated rings. The van der Waals surface area contributed by atoms with Gasteiger partial charge in [-0.15, -0.1) is 0 Å². The van der Waals surface area contributed by atoms with E-state index in [0.717, 1.165) is 24.0 Å². The van der Waals surface area contributed by atoms with Crippen molar-refractivity contribution in [1.29, 1.82) is 0 Å². The molecule has 0 amide bonds. The highest BCUT2D eigenvalue weighted by Gasteiger charge is 2.30. The lowest BCUT2D eigenvalue weighted by Gasteiger charge is -2.30. The molecule has 0 saturated heterocycles. The van der Waals surface area contributed by atoms with Crippen molar-refractivity contribution in [2.75, 3.05) is 0 Å². The summed E-state index contributed by atoms with van der Waals surface area (Å²) >= 11 is 0. The molecular weight excluding hydrogens is 210 g/mol. The van der Waals surface area contributed by atoms with Crippen LogP contribution in [-0.4, -0.2) is 10.8 Å². The summed E-state index contributed by atoms with van der Waals surface area (Å²) in [5.74, 6) is 1.18. The van der Waals surface area contributed by atoms with Gasteiger partial charge in [0.1, 0.15) is 0 Å². The van der Waals surface area contributed by atoms with Crippen LogP contribution >= 0.6 is 0 Å². The Morgan fingerprint density at radius 2 is 2.18 bits per heavy atom. The van der Waals surface area contributed by atoms with Gasteiger partial charge in [-0.3, -0.25) is 9.78 Å². The number of carbonyl (C=O) groups is 1. The zero-order valence-electron chi connectivity index (χ0n) is 10.8. The van der Waals surface area contributed by atoms with Gasteiger partial charge in [-0.25, -0.2) is 0 Å². The second kappa shape index (κ2) is 5.44. The van der Waals surface area contributed by atoms with Gasteiger partial charge in [0.15, 0.2) is 5.78 Å². The Balaban J connectivity index is 2.21. The van der Waals surface area contributed by atoms with Crippen molar-refractivity contribution in [3.8, 4) is 0 Å². The van der Waals surface area contributed by atoms with Gasteiger partial charge < -0.3 is 0 Å². The van der Waals surface area contributed by atoms with Crippen molar-refractivity contribution in [2.45, 2.75) is 46.0 Å². The Bertz CT molecular complexity index is 400. The van der Waals surface area contributed by atoms with Gasteiger partial charge in [0.25, 0.3) is 0 Å². The van der Waals surface area contributed by atoms with Crippen LogP contribution in [0.25, 0.3) is 0 Å². The number of carbonyl (C=O) groups excluding carboxylic acids is 1. The van der Waals surface area contributed by atoms with Crippen LogP contribution in [0.3, 0.4) is 0 Å². The Morgan fingerprint density at radius 1 is 1.41 bits per heavy atom. The lowest BCUT2D eigenvalue weighted by atomic mass is 9.74. The zero-order valence-corrected chi connectivity index (χ0v) is 10.8. The lowest BCUT2D eigenvalue weighted by Crippen LogP contribution is -2.27. The fraction of sp³-hybridized carbons (Fsp3) is 0.600. The van der Waals surface area contributed by atoms with Gasteiger partial charge in [0, 0.05) is 23.9 Å². The maximum Gasteiger partial charge on any atom is 0.166 e. The number of hydrogen-bond acceptors (Lipinski definition) is 2. The molecule has 0 aliphatic heterocycles. The number of nitrogens with zero attached hydrogens (tertiary/aromatic N) is 1. The van der Waals surface area contributed by atoms with E-state index in [4.69, 9.17) is 0 Å². The van der Waals surface area contributed by atoms with Crippen LogP contribution in [0.15, 0.2) is 18.5 Å². The molecule has 2 atom stereocenters. The first-order chi connectivity index (χ1) is 8.24. The SMILES string of the molecule is CCC1CCCCC1C(=O)c1ccncc1C. The molecular formula is C15H21NO. The first-order valence-electron chi connectivity index (χ1n) is 6.69. The Labute approximate surface area is 103 Å². The van der Waals surface area contributed by atoms with Crippen molar-refractivity contribution in [1.82, 2.24) is 4.98 Å². The third-order valence-corrected chi connectivity index (χ3v) is 4.06. The summed E-state index contributed by atoms with van der Waals surface area (Å²) in [6.07, 6.45) is 9.42. The molecule has 0 spiro atoms. The maximum atomic E-state index is 12.6. The second-order valence-electron chi connectivity index (χ2n) is 5.11. The predicted molar refractivity (Wildman–Crippen MR) is 69.0 cm³/mol. The average molecular weight is 231 g/mol. The van der Waals surface area contributed by atoms with E-state index in [-0.39, 0.29) is 5.92 Å². The third-order valence-electron chi connectivity index (χ3n) is 4.06. The minimum atomic E-state index is 0.245. The Kier molecular flexibility index (Phi) is 3.93. The fourth-order valence-corrected chi connectivity index (χ4v) is 2.99. The van der Waals surface area contributed by atoms with Crippen LogP contribution in [0, 0.1) is 18.8 Å². The summed E-state index contributed by atoms with van der Waals surface area (Å²) in [7, 11) is 0. The van der Waals surface area contributed by atoms with Crippen LogP contribution in [0.1, 0.15) is 54.9 Å². The number of hydrogen-bond donors (Lipinski definition) is 0. The average Bonchev–Trinajstić information content (AvgIpc) is 2.38. The number of pyridine rings is 1. The van der Waals surface area contributed by atoms with Gasteiger partial charge in [-0.05, 0) is 37.3 Å². The van der Waals surface area contributed by atoms with Gasteiger partial charge in [0.05, 0.1) is 0 Å². The van der Waals surface area contributed by atoms with Crippen LogP contribution in [0.2, 0.25) is 0 Å². The van der Waals surface area contributed by atoms with E-state index < -0.39 is 0 Å². The van der Waals surface area contributed by atoms with Crippen LogP contribution in [-0.2, 0) is 0 Å². The minimum Gasteiger partial charge on any atom is -0.294 e. The molecule has 1 aromatic heterocycles. The highest BCUT2D eigenvalue weighted by molar-refractivity contribution is 5.99. The fourth-order valence-electron chi connectivity index (χ4n) is 2.99. The molecule has 2 unspecified atom stereocenters. The first kappa shape index (κ1) is 12.3. The predicted octanol–water partition coefficient (Wildman–Crippen LogP) is 3.79. The monoisotopic (exact) mass is 231 g/mol. The van der Waals surface area contributed by atoms with Gasteiger partial charge in [-0.2, -0.15) is 0 Å². The molecule has 1 aromatic rings. The summed E-state index contributed by atoms with van der Waals surface area (Å²) in [6.45, 7) is 4.18. The molecule has 1 aliphatic rings. The summed E-state index contributed by atoms with van der Waals surface area (Å²) < 4.78 is 0. The summed E-state index contributed by atoms with van der Waals surface area (Å²) in [4.78, 5) is 16.6. The van der Waals surface area contributed by atoms with E-state index >= 15 is 0 Å². The van der Waals surface area contributed by atoms with Crippen molar-refractivity contribution < 1.29 is 4.79 Å². The molecule has 1 heterocycles. The number of rotatable bonds is 3. The number of Topliss-reactive ketones (excluding diaryl/α,β-unsaturated/α-hetero) is 1. The van der Waals surface area contributed by atoms with E-state index in [1.54, 1.807) is 12.4 Å². The molecule has 0 aromatic carbocycles. The summed E-state index contributed by atoms with van der Waals surface area (Å²) in [6, 6.07) is 1.87. The molecule has 0 N–H and O–H groups in total. The molecule has 1 saturated carbocycles. The number of aryl methyl sites for hydroxylation is 1. The van der Waals surface area contributed by atoms with Gasteiger partial charge >= 0.3 is 0 Å². The quantitative estimate of drug-likeness (QED) is 0.741. The molecule has 0 radical (unpaired) electrons. The molecule has 2 heteroatoms. The van der Waals surface area contributed by atoms with E-state index in [9.17, 15) is 4.79 Å². The Morgan fingerprint density at radius 3 is 2.88 bits per heavy atom. The molecule has 17 heavy (non-hydrogen) atoms. The molecule has 2 nitrogen and oxygen atoms in total. The lowest BCUT2D eigenvalue weighted by molar-refractivity contribution is 0.0819. The van der Waals surface area contributed by atoms with Crippen molar-refractivity contribution in [3.63, 3.8) is 0 Å². The molecule has 2 rings (SSSR count). The third kappa shape index (κ3) is 2.56. The van der Waals surface area contributed by atoms with Crippen molar-refractivity contribution >= 4 is 5.78 Å². The highest BCUT2D eigenvalue weighted by Crippen LogP contribution is 2.34. The topological polar surface area (TPSA) is 30.0 Å². The van der Waals surface area contributed by atoms with Crippen LogP contribution in [0.5, 0.6) is 0 Å². The molecule has 0 bridgehead atoms. The standard InChI is InChI=1S/C15H21NO/c1-3-12-6-4-5-7-14(12)15(17)13-8-9-16-10-11(13)2/h8-10,12,14H,3-7H2,1-2H3. The van der Waals surface area contributed by atoms with E-state index in [0.29, 0.717) is 11.7 Å². The van der Waals surface area contributed by atoms with E-state index in [1.807, 2.05) is 13.0 Å². The highest BCUT2D eigenvalue weighted by atomic mass is 16.1. The van der Waals surface area contributed by atoms with Gasteiger partial charge in [0.2, 0.25) is 0 Å². The minimum absolute atomic E-state index is 0.245. The van der Waals surface area contributed by atoms with Crippen molar-refractivity contribution in [3.05, 3.63) is 29.6 Å². The van der Waals surface area contributed by atoms with Crippen molar-refractivity contribution in [2.24, 2.45) is 11.8 Å². The smallest absolute Gasteiger partial charge is 0.166 e.